The molecule has 1 amide bonds. The molecule has 37 heavy (non-hydrogen) atoms. The SMILES string of the molecule is CCC[C@H](C[C@@H](C)NC(=O)c1ccnc(C(=O)OC)c1)N1Cc2cnc(Nc3ccc(C)nc3)nc2C1. The highest BCUT2D eigenvalue weighted by Crippen LogP contribution is 2.27. The highest BCUT2D eigenvalue weighted by Gasteiger charge is 2.28. The summed E-state index contributed by atoms with van der Waals surface area (Å²) in [7, 11) is 1.29. The molecule has 3 aromatic heterocycles. The largest absolute Gasteiger partial charge is 0.464 e. The number of aryl methyl sites for hydroxylation is 1. The summed E-state index contributed by atoms with van der Waals surface area (Å²) in [6.07, 6.45) is 7.92. The lowest BCUT2D eigenvalue weighted by atomic mass is 10.0. The lowest BCUT2D eigenvalue weighted by Crippen LogP contribution is -2.40. The van der Waals surface area contributed by atoms with E-state index in [-0.39, 0.29) is 23.7 Å². The first-order valence-electron chi connectivity index (χ1n) is 12.5. The van der Waals surface area contributed by atoms with Crippen LogP contribution in [0.2, 0.25) is 0 Å². The number of hydrogen-bond acceptors (Lipinski definition) is 9. The first kappa shape index (κ1) is 26.2. The van der Waals surface area contributed by atoms with Crippen LogP contribution in [0.1, 0.15) is 70.9 Å². The van der Waals surface area contributed by atoms with Crippen molar-refractivity contribution >= 4 is 23.5 Å². The van der Waals surface area contributed by atoms with Gasteiger partial charge in [0.05, 0.1) is 24.7 Å². The van der Waals surface area contributed by atoms with Crippen LogP contribution in [0.15, 0.2) is 42.9 Å². The number of aromatic nitrogens is 4. The normalized spacial score (nSPS) is 14.5. The molecule has 10 nitrogen and oxygen atoms in total. The number of pyridine rings is 2. The van der Waals surface area contributed by atoms with E-state index in [9.17, 15) is 9.59 Å². The van der Waals surface area contributed by atoms with Gasteiger partial charge in [-0.25, -0.2) is 19.7 Å². The maximum absolute atomic E-state index is 12.8. The quantitative estimate of drug-likeness (QED) is 0.398. The van der Waals surface area contributed by atoms with Gasteiger partial charge in [-0.2, -0.15) is 0 Å². The maximum Gasteiger partial charge on any atom is 0.356 e. The second-order valence-electron chi connectivity index (χ2n) is 9.36. The lowest BCUT2D eigenvalue weighted by molar-refractivity contribution is 0.0594. The van der Waals surface area contributed by atoms with Crippen LogP contribution in [-0.2, 0) is 17.8 Å². The van der Waals surface area contributed by atoms with E-state index in [4.69, 9.17) is 9.72 Å². The van der Waals surface area contributed by atoms with E-state index in [1.54, 1.807) is 12.3 Å². The minimum atomic E-state index is -0.573. The third-order valence-corrected chi connectivity index (χ3v) is 6.41. The number of carbonyl (C=O) groups is 2. The molecule has 4 heterocycles. The van der Waals surface area contributed by atoms with Gasteiger partial charge in [-0.1, -0.05) is 13.3 Å². The summed E-state index contributed by atoms with van der Waals surface area (Å²) in [6.45, 7) is 7.63. The van der Waals surface area contributed by atoms with Crippen molar-refractivity contribution in [3.63, 3.8) is 0 Å². The molecule has 3 aromatic rings. The zero-order valence-corrected chi connectivity index (χ0v) is 21.7. The van der Waals surface area contributed by atoms with Gasteiger partial charge in [0, 0.05) is 54.4 Å². The number of nitrogens with zero attached hydrogens (tertiary/aromatic N) is 5. The standard InChI is InChI=1S/C27H33N7O3/c1-5-6-22(11-18(3)31-25(35)19-9-10-28-23(12-19)26(36)37-4)34-15-20-13-30-27(33-24(20)16-34)32-21-8-7-17(2)29-14-21/h7-10,12-14,18,22H,5-6,11,15-16H2,1-4H3,(H,31,35)(H,30,32,33)/t18-,22-/m1/s1. The summed E-state index contributed by atoms with van der Waals surface area (Å²) < 4.78 is 4.70. The van der Waals surface area contributed by atoms with Gasteiger partial charge in [0.25, 0.3) is 5.91 Å². The molecule has 0 saturated carbocycles. The van der Waals surface area contributed by atoms with Crippen LogP contribution in [0.5, 0.6) is 0 Å². The number of esters is 1. The van der Waals surface area contributed by atoms with Gasteiger partial charge < -0.3 is 15.4 Å². The van der Waals surface area contributed by atoms with Crippen molar-refractivity contribution in [3.05, 3.63) is 71.1 Å². The van der Waals surface area contributed by atoms with Crippen LogP contribution >= 0.6 is 0 Å². The molecule has 0 spiro atoms. The molecule has 1 aliphatic heterocycles. The van der Waals surface area contributed by atoms with Crippen molar-refractivity contribution in [2.75, 3.05) is 12.4 Å². The zero-order valence-electron chi connectivity index (χ0n) is 21.7. The fourth-order valence-corrected chi connectivity index (χ4v) is 4.51. The molecule has 2 atom stereocenters. The summed E-state index contributed by atoms with van der Waals surface area (Å²) in [6, 6.07) is 7.15. The Labute approximate surface area is 216 Å². The first-order chi connectivity index (χ1) is 17.9. The van der Waals surface area contributed by atoms with Gasteiger partial charge >= 0.3 is 5.97 Å². The number of hydrogen-bond donors (Lipinski definition) is 2. The topological polar surface area (TPSA) is 122 Å². The van der Waals surface area contributed by atoms with E-state index in [2.05, 4.69) is 37.4 Å². The van der Waals surface area contributed by atoms with E-state index in [0.29, 0.717) is 11.5 Å². The number of methoxy groups -OCH3 is 1. The molecule has 4 rings (SSSR count). The molecule has 0 aliphatic carbocycles. The molecular weight excluding hydrogens is 470 g/mol. The van der Waals surface area contributed by atoms with Crippen molar-refractivity contribution in [1.82, 2.24) is 30.2 Å². The third kappa shape index (κ3) is 6.65. The van der Waals surface area contributed by atoms with Gasteiger partial charge in [0.15, 0.2) is 0 Å². The molecule has 0 unspecified atom stereocenters. The van der Waals surface area contributed by atoms with Gasteiger partial charge in [-0.15, -0.1) is 0 Å². The number of fused-ring (bicyclic) bond motifs is 1. The van der Waals surface area contributed by atoms with Gasteiger partial charge in [-0.05, 0) is 51.0 Å². The molecular formula is C27H33N7O3. The zero-order chi connectivity index (χ0) is 26.4. The number of amides is 1. The Balaban J connectivity index is 1.38. The van der Waals surface area contributed by atoms with Crippen LogP contribution in [0.25, 0.3) is 0 Å². The minimum absolute atomic E-state index is 0.0696. The molecule has 1 aliphatic rings. The molecule has 10 heteroatoms. The smallest absolute Gasteiger partial charge is 0.356 e. The highest BCUT2D eigenvalue weighted by molar-refractivity contribution is 5.97. The molecule has 0 saturated heterocycles. The van der Waals surface area contributed by atoms with Crippen LogP contribution in [-0.4, -0.2) is 55.9 Å². The number of carbonyl (C=O) groups excluding carboxylic acids is 2. The number of anilines is 2. The lowest BCUT2D eigenvalue weighted by Gasteiger charge is -2.29. The Bertz CT molecular complexity index is 1250. The van der Waals surface area contributed by atoms with Crippen molar-refractivity contribution in [2.24, 2.45) is 0 Å². The predicted molar refractivity (Wildman–Crippen MR) is 139 cm³/mol. The van der Waals surface area contributed by atoms with E-state index in [0.717, 1.165) is 55.0 Å². The molecule has 0 fully saturated rings. The fourth-order valence-electron chi connectivity index (χ4n) is 4.51. The van der Waals surface area contributed by atoms with Crippen molar-refractivity contribution < 1.29 is 14.3 Å². The summed E-state index contributed by atoms with van der Waals surface area (Å²) in [5, 5.41) is 6.29. The molecule has 0 aromatic carbocycles. The van der Waals surface area contributed by atoms with Crippen molar-refractivity contribution in [3.8, 4) is 0 Å². The Morgan fingerprint density at radius 1 is 1.14 bits per heavy atom. The Morgan fingerprint density at radius 2 is 1.97 bits per heavy atom. The van der Waals surface area contributed by atoms with Crippen molar-refractivity contribution in [2.45, 2.75) is 65.2 Å². The van der Waals surface area contributed by atoms with E-state index in [1.165, 1.54) is 19.4 Å². The average Bonchev–Trinajstić information content (AvgIpc) is 3.33. The predicted octanol–water partition coefficient (Wildman–Crippen LogP) is 3.80. The van der Waals surface area contributed by atoms with Crippen LogP contribution in [0, 0.1) is 6.92 Å². The molecule has 194 valence electrons. The van der Waals surface area contributed by atoms with Crippen LogP contribution in [0.4, 0.5) is 11.6 Å². The number of rotatable bonds is 10. The number of nitrogens with one attached hydrogen (secondary N) is 2. The summed E-state index contributed by atoms with van der Waals surface area (Å²) in [4.78, 5) is 44.5. The summed E-state index contributed by atoms with van der Waals surface area (Å²) >= 11 is 0. The highest BCUT2D eigenvalue weighted by atomic mass is 16.5. The van der Waals surface area contributed by atoms with E-state index >= 15 is 0 Å². The minimum Gasteiger partial charge on any atom is -0.464 e. The summed E-state index contributed by atoms with van der Waals surface area (Å²) in [5.41, 5.74) is 4.42. The fraction of sp³-hybridized carbons (Fsp3) is 0.407. The first-order valence-corrected chi connectivity index (χ1v) is 12.5. The van der Waals surface area contributed by atoms with Crippen LogP contribution < -0.4 is 10.6 Å². The van der Waals surface area contributed by atoms with Gasteiger partial charge in [-0.3, -0.25) is 14.7 Å². The Hall–Kier alpha value is -3.92. The number of ether oxygens (including phenoxy) is 1. The third-order valence-electron chi connectivity index (χ3n) is 6.41. The molecule has 0 bridgehead atoms. The molecule has 2 N–H and O–H groups in total. The monoisotopic (exact) mass is 503 g/mol. The second-order valence-corrected chi connectivity index (χ2v) is 9.36. The van der Waals surface area contributed by atoms with Crippen LogP contribution in [0.3, 0.4) is 0 Å². The average molecular weight is 504 g/mol. The van der Waals surface area contributed by atoms with Crippen molar-refractivity contribution in [1.29, 1.82) is 0 Å². The summed E-state index contributed by atoms with van der Waals surface area (Å²) in [5.74, 6) is -0.258. The Kier molecular flexibility index (Phi) is 8.39. The van der Waals surface area contributed by atoms with E-state index in [1.807, 2.05) is 32.2 Å². The second kappa shape index (κ2) is 11.9. The van der Waals surface area contributed by atoms with E-state index < -0.39 is 5.97 Å². The van der Waals surface area contributed by atoms with Gasteiger partial charge in [0.1, 0.15) is 5.69 Å². The molecule has 0 radical (unpaired) electrons. The Morgan fingerprint density at radius 3 is 2.70 bits per heavy atom. The van der Waals surface area contributed by atoms with Gasteiger partial charge in [0.2, 0.25) is 5.95 Å². The maximum atomic E-state index is 12.8.